The number of rotatable bonds is 6. The maximum atomic E-state index is 6.05. The lowest BCUT2D eigenvalue weighted by Gasteiger charge is -2.06. The molecule has 1 aromatic heterocycles. The minimum Gasteiger partial charge on any atom is -0.454 e. The Morgan fingerprint density at radius 3 is 1.45 bits per heavy atom. The zero-order valence-electron chi connectivity index (χ0n) is 18.2. The van der Waals surface area contributed by atoms with E-state index < -0.39 is 0 Å². The zero-order valence-corrected chi connectivity index (χ0v) is 18.2. The van der Waals surface area contributed by atoms with Gasteiger partial charge in [0.05, 0.1) is 22.8 Å². The van der Waals surface area contributed by atoms with Crippen molar-refractivity contribution in [2.45, 2.75) is 53.4 Å². The summed E-state index contributed by atoms with van der Waals surface area (Å²) < 4.78 is 6.05. The first-order valence-electron chi connectivity index (χ1n) is 10.2. The van der Waals surface area contributed by atoms with E-state index in [-0.39, 0.29) is 0 Å². The highest BCUT2D eigenvalue weighted by molar-refractivity contribution is 6.01. The van der Waals surface area contributed by atoms with Gasteiger partial charge in [-0.25, -0.2) is 9.98 Å². The SMILES string of the molecule is CC(=Nc1cccc(C(C)C)c1)c1ccc(C(C)=Nc2cccc(C(C)C)c2)o1. The second kappa shape index (κ2) is 9.04. The Morgan fingerprint density at radius 1 is 0.655 bits per heavy atom. The van der Waals surface area contributed by atoms with Gasteiger partial charge in [-0.05, 0) is 73.2 Å². The molecule has 0 bridgehead atoms. The van der Waals surface area contributed by atoms with E-state index in [1.807, 2.05) is 38.1 Å². The summed E-state index contributed by atoms with van der Waals surface area (Å²) in [7, 11) is 0. The fourth-order valence-electron chi connectivity index (χ4n) is 3.13. The molecule has 0 saturated carbocycles. The van der Waals surface area contributed by atoms with Gasteiger partial charge in [-0.3, -0.25) is 0 Å². The maximum Gasteiger partial charge on any atom is 0.148 e. The average molecular weight is 387 g/mol. The van der Waals surface area contributed by atoms with Crippen LogP contribution in [0.1, 0.15) is 76.0 Å². The standard InChI is InChI=1S/C26H30N2O/c1-17(2)21-9-7-11-23(15-21)27-19(5)25-13-14-26(29-25)20(6)28-24-12-8-10-22(16-24)18(3)4/h7-18H,1-6H3. The summed E-state index contributed by atoms with van der Waals surface area (Å²) in [6.45, 7) is 12.7. The van der Waals surface area contributed by atoms with E-state index in [2.05, 4.69) is 64.1 Å². The molecule has 29 heavy (non-hydrogen) atoms. The van der Waals surface area contributed by atoms with Gasteiger partial charge in [0.2, 0.25) is 0 Å². The largest absolute Gasteiger partial charge is 0.454 e. The van der Waals surface area contributed by atoms with Gasteiger partial charge >= 0.3 is 0 Å². The topological polar surface area (TPSA) is 37.9 Å². The summed E-state index contributed by atoms with van der Waals surface area (Å²) in [5.41, 5.74) is 6.17. The number of hydrogen-bond acceptors (Lipinski definition) is 3. The van der Waals surface area contributed by atoms with Crippen molar-refractivity contribution in [2.75, 3.05) is 0 Å². The van der Waals surface area contributed by atoms with Gasteiger partial charge < -0.3 is 4.42 Å². The Bertz CT molecular complexity index is 956. The van der Waals surface area contributed by atoms with Crippen molar-refractivity contribution in [3.8, 4) is 0 Å². The van der Waals surface area contributed by atoms with E-state index in [0.29, 0.717) is 11.8 Å². The molecule has 0 atom stereocenters. The van der Waals surface area contributed by atoms with Gasteiger partial charge in [0.1, 0.15) is 11.5 Å². The average Bonchev–Trinajstić information content (AvgIpc) is 3.19. The van der Waals surface area contributed by atoms with Crippen molar-refractivity contribution in [1.82, 2.24) is 0 Å². The highest BCUT2D eigenvalue weighted by Crippen LogP contribution is 2.24. The minimum atomic E-state index is 0.480. The van der Waals surface area contributed by atoms with E-state index in [9.17, 15) is 0 Å². The second-order valence-electron chi connectivity index (χ2n) is 8.06. The molecular formula is C26H30N2O. The first-order chi connectivity index (χ1) is 13.8. The molecule has 150 valence electrons. The van der Waals surface area contributed by atoms with Gasteiger partial charge in [0.25, 0.3) is 0 Å². The lowest BCUT2D eigenvalue weighted by Crippen LogP contribution is -1.94. The smallest absolute Gasteiger partial charge is 0.148 e. The zero-order chi connectivity index (χ0) is 21.0. The third-order valence-electron chi connectivity index (χ3n) is 4.99. The maximum absolute atomic E-state index is 6.05. The second-order valence-corrected chi connectivity index (χ2v) is 8.06. The molecule has 0 saturated heterocycles. The van der Waals surface area contributed by atoms with Crippen LogP contribution in [0.15, 0.2) is 75.1 Å². The van der Waals surface area contributed by atoms with E-state index in [1.54, 1.807) is 0 Å². The predicted octanol–water partition coefficient (Wildman–Crippen LogP) is 7.81. The van der Waals surface area contributed by atoms with Gasteiger partial charge in [-0.2, -0.15) is 0 Å². The van der Waals surface area contributed by atoms with Crippen LogP contribution in [-0.4, -0.2) is 11.4 Å². The summed E-state index contributed by atoms with van der Waals surface area (Å²) in [4.78, 5) is 9.49. The number of nitrogens with zero attached hydrogens (tertiary/aromatic N) is 2. The van der Waals surface area contributed by atoms with E-state index >= 15 is 0 Å². The molecule has 0 N–H and O–H groups in total. The highest BCUT2D eigenvalue weighted by Gasteiger charge is 2.09. The fraction of sp³-hybridized carbons (Fsp3) is 0.308. The molecule has 3 aromatic rings. The Morgan fingerprint density at radius 2 is 1.07 bits per heavy atom. The summed E-state index contributed by atoms with van der Waals surface area (Å²) in [5.74, 6) is 2.49. The molecule has 0 spiro atoms. The Kier molecular flexibility index (Phi) is 6.48. The van der Waals surface area contributed by atoms with E-state index in [1.165, 1.54) is 11.1 Å². The van der Waals surface area contributed by atoms with Crippen molar-refractivity contribution >= 4 is 22.8 Å². The number of furan rings is 1. The number of aliphatic imine (C=N–C) groups is 2. The molecule has 0 amide bonds. The van der Waals surface area contributed by atoms with Gasteiger partial charge in [-0.1, -0.05) is 52.0 Å². The van der Waals surface area contributed by atoms with Crippen LogP contribution in [0.25, 0.3) is 0 Å². The van der Waals surface area contributed by atoms with Crippen LogP contribution in [0.3, 0.4) is 0 Å². The highest BCUT2D eigenvalue weighted by atomic mass is 16.3. The normalized spacial score (nSPS) is 12.8. The van der Waals surface area contributed by atoms with Crippen LogP contribution < -0.4 is 0 Å². The Balaban J connectivity index is 1.82. The quantitative estimate of drug-likeness (QED) is 0.398. The third-order valence-corrected chi connectivity index (χ3v) is 4.99. The van der Waals surface area contributed by atoms with Gasteiger partial charge in [-0.15, -0.1) is 0 Å². The molecule has 3 heteroatoms. The molecule has 3 nitrogen and oxygen atoms in total. The molecule has 0 unspecified atom stereocenters. The van der Waals surface area contributed by atoms with Crippen molar-refractivity contribution in [1.29, 1.82) is 0 Å². The van der Waals surface area contributed by atoms with Crippen LogP contribution in [0.2, 0.25) is 0 Å². The molecule has 0 fully saturated rings. The molecule has 3 rings (SSSR count). The lowest BCUT2D eigenvalue weighted by molar-refractivity contribution is 0.548. The molecule has 1 heterocycles. The van der Waals surface area contributed by atoms with Crippen molar-refractivity contribution in [3.05, 3.63) is 83.3 Å². The summed E-state index contributed by atoms with van der Waals surface area (Å²) in [6.07, 6.45) is 0. The monoisotopic (exact) mass is 386 g/mol. The molecular weight excluding hydrogens is 356 g/mol. The first-order valence-corrected chi connectivity index (χ1v) is 10.2. The minimum absolute atomic E-state index is 0.480. The van der Waals surface area contributed by atoms with Gasteiger partial charge in [0, 0.05) is 0 Å². The van der Waals surface area contributed by atoms with Crippen LogP contribution in [0.5, 0.6) is 0 Å². The Labute approximate surface area is 174 Å². The Hall–Kier alpha value is -2.94. The summed E-state index contributed by atoms with van der Waals surface area (Å²) >= 11 is 0. The molecule has 2 aromatic carbocycles. The number of benzene rings is 2. The summed E-state index contributed by atoms with van der Waals surface area (Å²) in [6, 6.07) is 20.6. The van der Waals surface area contributed by atoms with Crippen molar-refractivity contribution in [3.63, 3.8) is 0 Å². The van der Waals surface area contributed by atoms with Gasteiger partial charge in [0.15, 0.2) is 0 Å². The van der Waals surface area contributed by atoms with Crippen LogP contribution in [-0.2, 0) is 0 Å². The molecule has 0 aliphatic heterocycles. The molecule has 0 aliphatic rings. The van der Waals surface area contributed by atoms with E-state index in [0.717, 1.165) is 34.3 Å². The third kappa shape index (κ3) is 5.32. The number of hydrogen-bond donors (Lipinski definition) is 0. The summed E-state index contributed by atoms with van der Waals surface area (Å²) in [5, 5.41) is 0. The first kappa shape index (κ1) is 20.8. The molecule has 0 radical (unpaired) electrons. The van der Waals surface area contributed by atoms with Crippen LogP contribution in [0, 0.1) is 0 Å². The van der Waals surface area contributed by atoms with Crippen LogP contribution >= 0.6 is 0 Å². The molecule has 0 aliphatic carbocycles. The lowest BCUT2D eigenvalue weighted by atomic mass is 10.0. The van der Waals surface area contributed by atoms with E-state index in [4.69, 9.17) is 14.4 Å². The van der Waals surface area contributed by atoms with Crippen LogP contribution in [0.4, 0.5) is 11.4 Å². The van der Waals surface area contributed by atoms with Crippen molar-refractivity contribution < 1.29 is 4.42 Å². The predicted molar refractivity (Wildman–Crippen MR) is 124 cm³/mol. The van der Waals surface area contributed by atoms with Crippen molar-refractivity contribution in [2.24, 2.45) is 9.98 Å². The fourth-order valence-corrected chi connectivity index (χ4v) is 3.13.